The molecule has 1 aliphatic carbocycles. The van der Waals surface area contributed by atoms with Crippen LogP contribution in [0.25, 0.3) is 0 Å². The summed E-state index contributed by atoms with van der Waals surface area (Å²) in [6, 6.07) is 0. The van der Waals surface area contributed by atoms with Gasteiger partial charge in [-0.15, -0.1) is 0 Å². The van der Waals surface area contributed by atoms with E-state index in [-0.39, 0.29) is 6.10 Å². The lowest BCUT2D eigenvalue weighted by molar-refractivity contribution is 0.00740. The van der Waals surface area contributed by atoms with Crippen molar-refractivity contribution in [2.75, 3.05) is 0 Å². The van der Waals surface area contributed by atoms with E-state index in [0.29, 0.717) is 11.8 Å². The van der Waals surface area contributed by atoms with E-state index in [1.807, 2.05) is 0 Å². The number of hydrogen-bond acceptors (Lipinski definition) is 1. The molecule has 0 bridgehead atoms. The van der Waals surface area contributed by atoms with E-state index in [0.717, 1.165) is 12.3 Å². The summed E-state index contributed by atoms with van der Waals surface area (Å²) < 4.78 is 0. The highest BCUT2D eigenvalue weighted by Crippen LogP contribution is 2.34. The maximum Gasteiger partial charge on any atom is 0.0596 e. The van der Waals surface area contributed by atoms with Crippen LogP contribution in [0.4, 0.5) is 0 Å². The molecule has 1 nitrogen and oxygen atoms in total. The highest BCUT2D eigenvalue weighted by molar-refractivity contribution is 4.81. The van der Waals surface area contributed by atoms with Crippen molar-refractivity contribution in [2.24, 2.45) is 17.8 Å². The summed E-state index contributed by atoms with van der Waals surface area (Å²) in [4.78, 5) is 0. The molecule has 3 atom stereocenters. The molecule has 1 N–H and O–H groups in total. The SMILES string of the molecule is CCC1CCCC(CC(C)C)C1O. The van der Waals surface area contributed by atoms with Gasteiger partial charge < -0.3 is 5.11 Å². The quantitative estimate of drug-likeness (QED) is 0.714. The molecule has 1 rings (SSSR count). The number of hydrogen-bond donors (Lipinski definition) is 1. The van der Waals surface area contributed by atoms with Crippen LogP contribution in [0.3, 0.4) is 0 Å². The number of aliphatic hydroxyl groups excluding tert-OH is 1. The molecule has 0 saturated heterocycles. The van der Waals surface area contributed by atoms with Gasteiger partial charge in [-0.05, 0) is 37.0 Å². The molecule has 1 heteroatoms. The van der Waals surface area contributed by atoms with E-state index in [1.165, 1.54) is 25.7 Å². The molecule has 1 saturated carbocycles. The molecule has 3 unspecified atom stereocenters. The summed E-state index contributed by atoms with van der Waals surface area (Å²) in [7, 11) is 0. The van der Waals surface area contributed by atoms with Gasteiger partial charge in [-0.25, -0.2) is 0 Å². The van der Waals surface area contributed by atoms with Gasteiger partial charge in [0.05, 0.1) is 6.10 Å². The molecule has 0 aliphatic heterocycles. The normalized spacial score (nSPS) is 35.3. The Labute approximate surface area is 82.5 Å². The largest absolute Gasteiger partial charge is 0.393 e. The third-order valence-corrected chi connectivity index (χ3v) is 3.41. The van der Waals surface area contributed by atoms with Crippen molar-refractivity contribution in [1.29, 1.82) is 0 Å². The molecule has 1 aliphatic rings. The fraction of sp³-hybridized carbons (Fsp3) is 1.00. The molecule has 0 amide bonds. The minimum Gasteiger partial charge on any atom is -0.393 e. The summed E-state index contributed by atoms with van der Waals surface area (Å²) in [5.41, 5.74) is 0. The van der Waals surface area contributed by atoms with Crippen molar-refractivity contribution in [2.45, 2.75) is 59.0 Å². The van der Waals surface area contributed by atoms with Gasteiger partial charge in [0.1, 0.15) is 0 Å². The second-order valence-electron chi connectivity index (χ2n) is 4.98. The van der Waals surface area contributed by atoms with Crippen LogP contribution in [-0.4, -0.2) is 11.2 Å². The lowest BCUT2D eigenvalue weighted by Crippen LogP contribution is -2.33. The molecule has 0 spiro atoms. The molecule has 0 heterocycles. The zero-order valence-corrected chi connectivity index (χ0v) is 9.29. The van der Waals surface area contributed by atoms with Crippen LogP contribution in [0, 0.1) is 17.8 Å². The molecular weight excluding hydrogens is 160 g/mol. The monoisotopic (exact) mass is 184 g/mol. The predicted molar refractivity (Wildman–Crippen MR) is 56.6 cm³/mol. The smallest absolute Gasteiger partial charge is 0.0596 e. The van der Waals surface area contributed by atoms with E-state index in [9.17, 15) is 5.11 Å². The molecule has 13 heavy (non-hydrogen) atoms. The Morgan fingerprint density at radius 1 is 1.23 bits per heavy atom. The van der Waals surface area contributed by atoms with Crippen molar-refractivity contribution < 1.29 is 5.11 Å². The Kier molecular flexibility index (Phi) is 4.24. The van der Waals surface area contributed by atoms with Crippen LogP contribution >= 0.6 is 0 Å². The van der Waals surface area contributed by atoms with Gasteiger partial charge in [0.2, 0.25) is 0 Å². The topological polar surface area (TPSA) is 20.2 Å². The van der Waals surface area contributed by atoms with Gasteiger partial charge in [-0.3, -0.25) is 0 Å². The van der Waals surface area contributed by atoms with Crippen molar-refractivity contribution in [3.05, 3.63) is 0 Å². The molecule has 0 aromatic carbocycles. The molecule has 0 aromatic rings. The first kappa shape index (κ1) is 11.0. The maximum absolute atomic E-state index is 10.1. The fourth-order valence-corrected chi connectivity index (χ4v) is 2.68. The Morgan fingerprint density at radius 2 is 1.85 bits per heavy atom. The van der Waals surface area contributed by atoms with Gasteiger partial charge in [-0.1, -0.05) is 33.6 Å². The van der Waals surface area contributed by atoms with E-state index in [2.05, 4.69) is 20.8 Å². The first-order valence-electron chi connectivity index (χ1n) is 5.83. The summed E-state index contributed by atoms with van der Waals surface area (Å²) in [6.07, 6.45) is 6.16. The molecular formula is C12H24O. The van der Waals surface area contributed by atoms with Gasteiger partial charge in [0.15, 0.2) is 0 Å². The minimum absolute atomic E-state index is 0.0128. The predicted octanol–water partition coefficient (Wildman–Crippen LogP) is 3.22. The summed E-state index contributed by atoms with van der Waals surface area (Å²) in [5.74, 6) is 1.89. The van der Waals surface area contributed by atoms with Crippen LogP contribution in [0.15, 0.2) is 0 Å². The van der Waals surface area contributed by atoms with Crippen LogP contribution < -0.4 is 0 Å². The van der Waals surface area contributed by atoms with Crippen LogP contribution in [0.2, 0.25) is 0 Å². The zero-order valence-electron chi connectivity index (χ0n) is 9.29. The Morgan fingerprint density at radius 3 is 2.38 bits per heavy atom. The van der Waals surface area contributed by atoms with Gasteiger partial charge >= 0.3 is 0 Å². The molecule has 0 radical (unpaired) electrons. The van der Waals surface area contributed by atoms with Crippen molar-refractivity contribution >= 4 is 0 Å². The molecule has 78 valence electrons. The van der Waals surface area contributed by atoms with Gasteiger partial charge in [0.25, 0.3) is 0 Å². The zero-order chi connectivity index (χ0) is 9.84. The average Bonchev–Trinajstić information content (AvgIpc) is 2.08. The van der Waals surface area contributed by atoms with Crippen LogP contribution in [0.1, 0.15) is 52.9 Å². The summed E-state index contributed by atoms with van der Waals surface area (Å²) >= 11 is 0. The minimum atomic E-state index is -0.0128. The third-order valence-electron chi connectivity index (χ3n) is 3.41. The van der Waals surface area contributed by atoms with Crippen molar-refractivity contribution in [1.82, 2.24) is 0 Å². The molecule has 1 fully saturated rings. The standard InChI is InChI=1S/C12H24O/c1-4-10-6-5-7-11(12(10)13)8-9(2)3/h9-13H,4-8H2,1-3H3. The molecule has 0 aromatic heterocycles. The highest BCUT2D eigenvalue weighted by atomic mass is 16.3. The third kappa shape index (κ3) is 2.98. The first-order valence-corrected chi connectivity index (χ1v) is 5.83. The fourth-order valence-electron chi connectivity index (χ4n) is 2.68. The van der Waals surface area contributed by atoms with E-state index in [1.54, 1.807) is 0 Å². The van der Waals surface area contributed by atoms with Gasteiger partial charge in [-0.2, -0.15) is 0 Å². The Hall–Kier alpha value is -0.0400. The van der Waals surface area contributed by atoms with E-state index >= 15 is 0 Å². The summed E-state index contributed by atoms with van der Waals surface area (Å²) in [5, 5.41) is 10.1. The average molecular weight is 184 g/mol. The van der Waals surface area contributed by atoms with E-state index < -0.39 is 0 Å². The van der Waals surface area contributed by atoms with Gasteiger partial charge in [0, 0.05) is 0 Å². The maximum atomic E-state index is 10.1. The lowest BCUT2D eigenvalue weighted by Gasteiger charge is -2.35. The second kappa shape index (κ2) is 4.99. The lowest BCUT2D eigenvalue weighted by atomic mass is 9.74. The first-order chi connectivity index (χ1) is 6.15. The van der Waals surface area contributed by atoms with Crippen molar-refractivity contribution in [3.63, 3.8) is 0 Å². The number of rotatable bonds is 3. The van der Waals surface area contributed by atoms with Crippen LogP contribution in [0.5, 0.6) is 0 Å². The second-order valence-corrected chi connectivity index (χ2v) is 4.98. The highest BCUT2D eigenvalue weighted by Gasteiger charge is 2.30. The van der Waals surface area contributed by atoms with Crippen molar-refractivity contribution in [3.8, 4) is 0 Å². The summed E-state index contributed by atoms with van der Waals surface area (Å²) in [6.45, 7) is 6.70. The number of aliphatic hydroxyl groups is 1. The van der Waals surface area contributed by atoms with E-state index in [4.69, 9.17) is 0 Å². The Balaban J connectivity index is 2.44. The Bertz CT molecular complexity index is 142. The van der Waals surface area contributed by atoms with Crippen LogP contribution in [-0.2, 0) is 0 Å².